The number of unbranched alkanes of at least 4 members (excludes halogenated alkanes) is 18. The largest absolute Gasteiger partial charge is 0.472 e. The van der Waals surface area contributed by atoms with Crippen LogP contribution in [0.1, 0.15) is 168 Å². The van der Waals surface area contributed by atoms with Crippen LogP contribution in [-0.4, -0.2) is 65.7 Å². The van der Waals surface area contributed by atoms with Crippen molar-refractivity contribution in [3.05, 3.63) is 24.3 Å². The zero-order valence-electron chi connectivity index (χ0n) is 30.9. The summed E-state index contributed by atoms with van der Waals surface area (Å²) in [5.74, 6) is -0.946. The molecule has 1 unspecified atom stereocenters. The molecule has 11 heteroatoms. The summed E-state index contributed by atoms with van der Waals surface area (Å²) in [5, 5.41) is 18.3. The molecular formula is C38H71O10P. The molecule has 0 radical (unpaired) electrons. The Kier molecular flexibility index (Phi) is 33.8. The van der Waals surface area contributed by atoms with Crippen molar-refractivity contribution in [2.75, 3.05) is 26.4 Å². The van der Waals surface area contributed by atoms with Gasteiger partial charge in [0, 0.05) is 12.8 Å². The Morgan fingerprint density at radius 2 is 1.02 bits per heavy atom. The van der Waals surface area contributed by atoms with Gasteiger partial charge in [-0.15, -0.1) is 0 Å². The number of phosphoric ester groups is 1. The summed E-state index contributed by atoms with van der Waals surface area (Å²) in [6.45, 7) is 2.30. The van der Waals surface area contributed by atoms with Gasteiger partial charge in [-0.25, -0.2) is 4.57 Å². The summed E-state index contributed by atoms with van der Waals surface area (Å²) in [5.41, 5.74) is 0. The van der Waals surface area contributed by atoms with E-state index in [1.807, 2.05) is 0 Å². The van der Waals surface area contributed by atoms with Crippen LogP contribution in [0.25, 0.3) is 0 Å². The normalized spacial score (nSPS) is 14.3. The molecule has 3 atom stereocenters. The molecule has 0 aromatic rings. The number of carbonyl (C=O) groups excluding carboxylic acids is 2. The van der Waals surface area contributed by atoms with Crippen LogP contribution in [-0.2, 0) is 32.7 Å². The monoisotopic (exact) mass is 718 g/mol. The van der Waals surface area contributed by atoms with E-state index in [1.54, 1.807) is 0 Å². The summed E-state index contributed by atoms with van der Waals surface area (Å²) in [6, 6.07) is 0. The maximum Gasteiger partial charge on any atom is 0.472 e. The third-order valence-electron chi connectivity index (χ3n) is 8.08. The van der Waals surface area contributed by atoms with Crippen LogP contribution >= 0.6 is 7.82 Å². The SMILES string of the molecule is CCCC/C=C\CCCCCCCC(=O)O[C@H](COC(=O)CCCCCCC/C=C\CCCCCCCC)COP(=O)(O)OC[C@@H](O)CO. The van der Waals surface area contributed by atoms with Crippen molar-refractivity contribution in [3.63, 3.8) is 0 Å². The predicted octanol–water partition coefficient (Wildman–Crippen LogP) is 9.44. The molecule has 10 nitrogen and oxygen atoms in total. The zero-order chi connectivity index (χ0) is 36.3. The Morgan fingerprint density at radius 3 is 1.53 bits per heavy atom. The number of aliphatic hydroxyl groups excluding tert-OH is 2. The molecule has 0 saturated heterocycles. The highest BCUT2D eigenvalue weighted by molar-refractivity contribution is 7.47. The van der Waals surface area contributed by atoms with Gasteiger partial charge in [-0.3, -0.25) is 18.6 Å². The minimum absolute atomic E-state index is 0.173. The molecule has 0 aromatic carbocycles. The quantitative estimate of drug-likeness (QED) is 0.0248. The topological polar surface area (TPSA) is 149 Å². The first-order chi connectivity index (χ1) is 23.7. The van der Waals surface area contributed by atoms with Crippen LogP contribution in [0.5, 0.6) is 0 Å². The van der Waals surface area contributed by atoms with E-state index >= 15 is 0 Å². The Morgan fingerprint density at radius 1 is 0.592 bits per heavy atom. The Bertz CT molecular complexity index is 879. The molecule has 0 heterocycles. The van der Waals surface area contributed by atoms with Gasteiger partial charge in [0.15, 0.2) is 6.10 Å². The molecule has 0 spiro atoms. The fourth-order valence-electron chi connectivity index (χ4n) is 5.03. The van der Waals surface area contributed by atoms with Crippen molar-refractivity contribution >= 4 is 19.8 Å². The maximum absolute atomic E-state index is 12.5. The van der Waals surface area contributed by atoms with E-state index in [0.717, 1.165) is 70.6 Å². The van der Waals surface area contributed by atoms with Gasteiger partial charge in [0.05, 0.1) is 19.8 Å². The predicted molar refractivity (Wildman–Crippen MR) is 196 cm³/mol. The van der Waals surface area contributed by atoms with Crippen molar-refractivity contribution in [1.82, 2.24) is 0 Å². The van der Waals surface area contributed by atoms with E-state index in [0.29, 0.717) is 12.8 Å². The Balaban J connectivity index is 4.36. The van der Waals surface area contributed by atoms with E-state index < -0.39 is 51.8 Å². The lowest BCUT2D eigenvalue weighted by Crippen LogP contribution is -2.29. The first-order valence-corrected chi connectivity index (χ1v) is 20.8. The van der Waals surface area contributed by atoms with Gasteiger partial charge in [-0.2, -0.15) is 0 Å². The van der Waals surface area contributed by atoms with Gasteiger partial charge in [0.2, 0.25) is 0 Å². The van der Waals surface area contributed by atoms with Crippen molar-refractivity contribution in [2.24, 2.45) is 0 Å². The number of hydrogen-bond acceptors (Lipinski definition) is 9. The highest BCUT2D eigenvalue weighted by atomic mass is 31.2. The number of rotatable bonds is 36. The average Bonchev–Trinajstić information content (AvgIpc) is 3.09. The van der Waals surface area contributed by atoms with E-state index in [1.165, 1.54) is 57.8 Å². The molecule has 49 heavy (non-hydrogen) atoms. The molecule has 3 N–H and O–H groups in total. The zero-order valence-corrected chi connectivity index (χ0v) is 31.8. The van der Waals surface area contributed by atoms with Crippen LogP contribution in [0.15, 0.2) is 24.3 Å². The number of hydrogen-bond donors (Lipinski definition) is 3. The lowest BCUT2D eigenvalue weighted by Gasteiger charge is -2.20. The van der Waals surface area contributed by atoms with Crippen LogP contribution < -0.4 is 0 Å². The molecule has 0 aliphatic heterocycles. The van der Waals surface area contributed by atoms with Crippen molar-refractivity contribution in [3.8, 4) is 0 Å². The first-order valence-electron chi connectivity index (χ1n) is 19.3. The van der Waals surface area contributed by atoms with Crippen LogP contribution in [0, 0.1) is 0 Å². The summed E-state index contributed by atoms with van der Waals surface area (Å²) >= 11 is 0. The van der Waals surface area contributed by atoms with E-state index in [4.69, 9.17) is 19.1 Å². The Hall–Kier alpha value is -1.55. The van der Waals surface area contributed by atoms with E-state index in [2.05, 4.69) is 42.7 Å². The summed E-state index contributed by atoms with van der Waals surface area (Å²) in [7, 11) is -4.61. The molecule has 0 amide bonds. The Labute approximate surface area is 298 Å². The number of esters is 2. The minimum atomic E-state index is -4.61. The molecule has 288 valence electrons. The van der Waals surface area contributed by atoms with Crippen molar-refractivity contribution < 1.29 is 47.8 Å². The molecule has 0 saturated carbocycles. The minimum Gasteiger partial charge on any atom is -0.462 e. The second-order valence-electron chi connectivity index (χ2n) is 12.9. The summed E-state index contributed by atoms with van der Waals surface area (Å²) in [6.07, 6.45) is 31.5. The van der Waals surface area contributed by atoms with Crippen molar-refractivity contribution in [2.45, 2.75) is 180 Å². The fraction of sp³-hybridized carbons (Fsp3) is 0.842. The lowest BCUT2D eigenvalue weighted by molar-refractivity contribution is -0.161. The molecule has 0 rings (SSSR count). The number of carbonyl (C=O) groups is 2. The van der Waals surface area contributed by atoms with Gasteiger partial charge in [0.1, 0.15) is 12.7 Å². The summed E-state index contributed by atoms with van der Waals surface area (Å²) in [4.78, 5) is 34.8. The first kappa shape index (κ1) is 47.4. The molecule has 0 fully saturated rings. The molecule has 0 bridgehead atoms. The third kappa shape index (κ3) is 34.7. The highest BCUT2D eigenvalue weighted by Crippen LogP contribution is 2.43. The van der Waals surface area contributed by atoms with Gasteiger partial charge < -0.3 is 24.6 Å². The van der Waals surface area contributed by atoms with Gasteiger partial charge in [-0.05, 0) is 57.8 Å². The molecule has 0 aliphatic carbocycles. The smallest absolute Gasteiger partial charge is 0.462 e. The maximum atomic E-state index is 12.5. The standard InChI is InChI=1S/C38H71O10P/c1-3-5-7-9-11-13-15-16-17-18-20-21-23-25-27-29-37(41)45-33-36(34-47-49(43,44)46-32-35(40)31-39)48-38(42)30-28-26-24-22-19-14-12-10-8-6-4-2/h10,12,16-17,35-36,39-40H,3-9,11,13-15,18-34H2,1-2H3,(H,43,44)/b12-10-,17-16-/t35-,36+/m0/s1. The highest BCUT2D eigenvalue weighted by Gasteiger charge is 2.27. The number of aliphatic hydroxyl groups is 2. The molecular weight excluding hydrogens is 647 g/mol. The van der Waals surface area contributed by atoms with Crippen LogP contribution in [0.4, 0.5) is 0 Å². The van der Waals surface area contributed by atoms with Crippen molar-refractivity contribution in [1.29, 1.82) is 0 Å². The second-order valence-corrected chi connectivity index (χ2v) is 14.4. The number of ether oxygens (including phenoxy) is 2. The van der Waals surface area contributed by atoms with E-state index in [9.17, 15) is 24.2 Å². The van der Waals surface area contributed by atoms with Gasteiger partial charge in [-0.1, -0.05) is 122 Å². The van der Waals surface area contributed by atoms with Gasteiger partial charge in [0.25, 0.3) is 0 Å². The summed E-state index contributed by atoms with van der Waals surface area (Å²) < 4.78 is 32.5. The number of phosphoric acid groups is 1. The van der Waals surface area contributed by atoms with E-state index in [-0.39, 0.29) is 19.4 Å². The van der Waals surface area contributed by atoms with Crippen LogP contribution in [0.2, 0.25) is 0 Å². The number of allylic oxidation sites excluding steroid dienone is 4. The fourth-order valence-corrected chi connectivity index (χ4v) is 5.82. The van der Waals surface area contributed by atoms with Gasteiger partial charge >= 0.3 is 19.8 Å². The lowest BCUT2D eigenvalue weighted by atomic mass is 10.1. The third-order valence-corrected chi connectivity index (χ3v) is 9.03. The second kappa shape index (κ2) is 34.9. The average molecular weight is 719 g/mol. The van der Waals surface area contributed by atoms with Crippen LogP contribution in [0.3, 0.4) is 0 Å². The molecule has 0 aromatic heterocycles. The molecule has 0 aliphatic rings.